The van der Waals surface area contributed by atoms with E-state index in [1.807, 2.05) is 24.3 Å². The van der Waals surface area contributed by atoms with E-state index in [2.05, 4.69) is 40.2 Å². The lowest BCUT2D eigenvalue weighted by atomic mass is 9.94. The van der Waals surface area contributed by atoms with Crippen LogP contribution in [0.1, 0.15) is 11.1 Å². The molecule has 2 aromatic rings. The minimum Gasteiger partial charge on any atom is -0.126 e. The molecule has 0 aliphatic heterocycles. The van der Waals surface area contributed by atoms with Crippen molar-refractivity contribution >= 4 is 39.1 Å². The second kappa shape index (κ2) is 7.33. The maximum atomic E-state index is 6.21. The topological polar surface area (TPSA) is 0 Å². The molecule has 0 aliphatic carbocycles. The van der Waals surface area contributed by atoms with Crippen molar-refractivity contribution in [1.82, 2.24) is 0 Å². The lowest BCUT2D eigenvalue weighted by Gasteiger charge is -2.16. The van der Waals surface area contributed by atoms with E-state index in [-0.39, 0.29) is 0 Å². The summed E-state index contributed by atoms with van der Waals surface area (Å²) in [5, 5.41) is 0.824. The Kier molecular flexibility index (Phi) is 5.75. The van der Waals surface area contributed by atoms with Crippen LogP contribution in [0.4, 0.5) is 0 Å². The van der Waals surface area contributed by atoms with Crippen molar-refractivity contribution in [2.45, 2.75) is 12.8 Å². The van der Waals surface area contributed by atoms with Crippen LogP contribution in [-0.4, -0.2) is 5.88 Å². The summed E-state index contributed by atoms with van der Waals surface area (Å²) in [7, 11) is 0. The fourth-order valence-corrected chi connectivity index (χ4v) is 3.01. The number of hydrogen-bond donors (Lipinski definition) is 0. The molecule has 0 spiro atoms. The Hall–Kier alpha value is -0.500. The van der Waals surface area contributed by atoms with Crippen molar-refractivity contribution in [3.8, 4) is 0 Å². The van der Waals surface area contributed by atoms with Crippen LogP contribution in [0.5, 0.6) is 0 Å². The first-order valence-electron chi connectivity index (χ1n) is 6.23. The molecule has 100 valence electrons. The molecule has 19 heavy (non-hydrogen) atoms. The molecular formula is C16H15BrCl2. The highest BCUT2D eigenvalue weighted by molar-refractivity contribution is 9.10. The Morgan fingerprint density at radius 2 is 1.47 bits per heavy atom. The smallest absolute Gasteiger partial charge is 0.0438 e. The molecule has 2 aromatic carbocycles. The first-order valence-corrected chi connectivity index (χ1v) is 7.94. The van der Waals surface area contributed by atoms with Gasteiger partial charge in [-0.3, -0.25) is 0 Å². The standard InChI is InChI=1S/C16H15BrCl2/c17-15-7-3-1-5-13(15)9-12(11-18)10-14-6-2-4-8-16(14)19/h1-8,12H,9-11H2. The third-order valence-corrected chi connectivity index (χ3v) is 4.73. The van der Waals surface area contributed by atoms with Crippen LogP contribution >= 0.6 is 39.1 Å². The summed E-state index contributed by atoms with van der Waals surface area (Å²) in [6, 6.07) is 16.3. The number of alkyl halides is 1. The van der Waals surface area contributed by atoms with Gasteiger partial charge in [0.15, 0.2) is 0 Å². The Bertz CT molecular complexity index is 492. The van der Waals surface area contributed by atoms with Crippen LogP contribution in [0.15, 0.2) is 53.0 Å². The van der Waals surface area contributed by atoms with E-state index in [9.17, 15) is 0 Å². The van der Waals surface area contributed by atoms with E-state index < -0.39 is 0 Å². The van der Waals surface area contributed by atoms with Gasteiger partial charge in [0, 0.05) is 15.4 Å². The van der Waals surface area contributed by atoms with Crippen molar-refractivity contribution in [2.24, 2.45) is 5.92 Å². The molecule has 0 saturated heterocycles. The van der Waals surface area contributed by atoms with Gasteiger partial charge in [-0.15, -0.1) is 11.6 Å². The predicted molar refractivity (Wildman–Crippen MR) is 87.2 cm³/mol. The van der Waals surface area contributed by atoms with Crippen LogP contribution in [0.2, 0.25) is 5.02 Å². The number of rotatable bonds is 5. The summed E-state index contributed by atoms with van der Waals surface area (Å²) < 4.78 is 1.14. The maximum Gasteiger partial charge on any atom is 0.0438 e. The van der Waals surface area contributed by atoms with Crippen LogP contribution in [-0.2, 0) is 12.8 Å². The molecule has 0 amide bonds. The lowest BCUT2D eigenvalue weighted by Crippen LogP contribution is -2.10. The zero-order valence-electron chi connectivity index (χ0n) is 10.5. The van der Waals surface area contributed by atoms with Crippen LogP contribution < -0.4 is 0 Å². The fraction of sp³-hybridized carbons (Fsp3) is 0.250. The summed E-state index contributed by atoms with van der Waals surface area (Å²) in [6.07, 6.45) is 1.86. The Morgan fingerprint density at radius 1 is 0.895 bits per heavy atom. The molecule has 1 unspecified atom stereocenters. The zero-order chi connectivity index (χ0) is 13.7. The van der Waals surface area contributed by atoms with E-state index >= 15 is 0 Å². The molecule has 0 fully saturated rings. The van der Waals surface area contributed by atoms with E-state index in [1.165, 1.54) is 11.1 Å². The molecule has 0 saturated carbocycles. The van der Waals surface area contributed by atoms with Crippen molar-refractivity contribution in [3.05, 3.63) is 69.2 Å². The van der Waals surface area contributed by atoms with Crippen LogP contribution in [0.25, 0.3) is 0 Å². The molecular weight excluding hydrogens is 343 g/mol. The third-order valence-electron chi connectivity index (χ3n) is 3.15. The first kappa shape index (κ1) is 14.9. The quantitative estimate of drug-likeness (QED) is 0.598. The number of halogens is 3. The van der Waals surface area contributed by atoms with Gasteiger partial charge >= 0.3 is 0 Å². The van der Waals surface area contributed by atoms with Gasteiger partial charge in [0.2, 0.25) is 0 Å². The van der Waals surface area contributed by atoms with Gasteiger partial charge < -0.3 is 0 Å². The molecule has 0 aromatic heterocycles. The van der Waals surface area contributed by atoms with E-state index in [0.29, 0.717) is 11.8 Å². The summed E-state index contributed by atoms with van der Waals surface area (Å²) in [5.74, 6) is 1.02. The largest absolute Gasteiger partial charge is 0.126 e. The molecule has 0 nitrogen and oxygen atoms in total. The van der Waals surface area contributed by atoms with Gasteiger partial charge in [0.25, 0.3) is 0 Å². The number of hydrogen-bond acceptors (Lipinski definition) is 0. The van der Waals surface area contributed by atoms with Crippen LogP contribution in [0.3, 0.4) is 0 Å². The van der Waals surface area contributed by atoms with Crippen molar-refractivity contribution in [2.75, 3.05) is 5.88 Å². The maximum absolute atomic E-state index is 6.21. The van der Waals surface area contributed by atoms with Crippen molar-refractivity contribution in [1.29, 1.82) is 0 Å². The predicted octanol–water partition coefficient (Wildman–Crippen LogP) is 5.74. The molecule has 3 heteroatoms. The monoisotopic (exact) mass is 356 g/mol. The summed E-state index contributed by atoms with van der Waals surface area (Å²) >= 11 is 15.9. The molecule has 0 radical (unpaired) electrons. The SMILES string of the molecule is ClCC(Cc1ccccc1Cl)Cc1ccccc1Br. The van der Waals surface area contributed by atoms with E-state index in [1.54, 1.807) is 0 Å². The van der Waals surface area contributed by atoms with Gasteiger partial charge in [0.1, 0.15) is 0 Å². The minimum absolute atomic E-state index is 0.389. The average molecular weight is 358 g/mol. The van der Waals surface area contributed by atoms with Gasteiger partial charge in [-0.2, -0.15) is 0 Å². The number of benzene rings is 2. The highest BCUT2D eigenvalue weighted by Crippen LogP contribution is 2.25. The molecule has 0 heterocycles. The fourth-order valence-electron chi connectivity index (χ4n) is 2.13. The summed E-state index contributed by atoms with van der Waals surface area (Å²) in [5.41, 5.74) is 2.46. The van der Waals surface area contributed by atoms with Crippen LogP contribution in [0, 0.1) is 5.92 Å². The van der Waals surface area contributed by atoms with Crippen molar-refractivity contribution in [3.63, 3.8) is 0 Å². The molecule has 2 rings (SSSR count). The first-order chi connectivity index (χ1) is 9.20. The minimum atomic E-state index is 0.389. The average Bonchev–Trinajstić information content (AvgIpc) is 2.42. The van der Waals surface area contributed by atoms with Gasteiger partial charge in [-0.1, -0.05) is 63.9 Å². The highest BCUT2D eigenvalue weighted by Gasteiger charge is 2.13. The van der Waals surface area contributed by atoms with Crippen molar-refractivity contribution < 1.29 is 0 Å². The second-order valence-corrected chi connectivity index (χ2v) is 6.18. The Balaban J connectivity index is 2.09. The van der Waals surface area contributed by atoms with Gasteiger partial charge in [-0.05, 0) is 42.0 Å². The summed E-state index contributed by atoms with van der Waals surface area (Å²) in [6.45, 7) is 0. The van der Waals surface area contributed by atoms with Gasteiger partial charge in [-0.25, -0.2) is 0 Å². The highest BCUT2D eigenvalue weighted by atomic mass is 79.9. The third kappa shape index (κ3) is 4.24. The molecule has 0 N–H and O–H groups in total. The second-order valence-electron chi connectivity index (χ2n) is 4.61. The van der Waals surface area contributed by atoms with Gasteiger partial charge in [0.05, 0.1) is 0 Å². The molecule has 0 bridgehead atoms. The van der Waals surface area contributed by atoms with E-state index in [0.717, 1.165) is 22.3 Å². The van der Waals surface area contributed by atoms with E-state index in [4.69, 9.17) is 23.2 Å². The zero-order valence-corrected chi connectivity index (χ0v) is 13.5. The summed E-state index contributed by atoms with van der Waals surface area (Å²) in [4.78, 5) is 0. The Morgan fingerprint density at radius 3 is 2.11 bits per heavy atom. The normalized spacial score (nSPS) is 12.4. The molecule has 0 aliphatic rings. The lowest BCUT2D eigenvalue weighted by molar-refractivity contribution is 0.583. The Labute approximate surface area is 132 Å². The molecule has 1 atom stereocenters.